The van der Waals surface area contributed by atoms with E-state index in [0.29, 0.717) is 5.56 Å². The number of aldehydes is 1. The molecule has 0 fully saturated rings. The Kier molecular flexibility index (Phi) is 4.00. The zero-order valence-electron chi connectivity index (χ0n) is 11.6. The summed E-state index contributed by atoms with van der Waals surface area (Å²) in [5.41, 5.74) is 3.53. The molecular formula is C15H19N3O. The maximum atomic E-state index is 11.1. The third-order valence-electron chi connectivity index (χ3n) is 3.30. The van der Waals surface area contributed by atoms with E-state index in [1.165, 1.54) is 0 Å². The number of carbonyl (C=O) groups is 1. The molecule has 0 amide bonds. The van der Waals surface area contributed by atoms with Crippen LogP contribution in [0.3, 0.4) is 0 Å². The molecule has 0 N–H and O–H groups in total. The highest BCUT2D eigenvalue weighted by molar-refractivity contribution is 5.85. The SMILES string of the molecule is CCN(C)c1ccc(-c2nn(CC)cc2C=O)cc1. The van der Waals surface area contributed by atoms with E-state index in [1.54, 1.807) is 10.9 Å². The molecule has 0 spiro atoms. The zero-order valence-corrected chi connectivity index (χ0v) is 11.6. The lowest BCUT2D eigenvalue weighted by Crippen LogP contribution is -2.15. The van der Waals surface area contributed by atoms with Crippen molar-refractivity contribution in [2.45, 2.75) is 20.4 Å². The first-order valence-electron chi connectivity index (χ1n) is 6.53. The van der Waals surface area contributed by atoms with Gasteiger partial charge >= 0.3 is 0 Å². The van der Waals surface area contributed by atoms with E-state index >= 15 is 0 Å². The summed E-state index contributed by atoms with van der Waals surface area (Å²) in [6, 6.07) is 8.13. The molecule has 1 aromatic heterocycles. The summed E-state index contributed by atoms with van der Waals surface area (Å²) in [4.78, 5) is 13.3. The van der Waals surface area contributed by atoms with Gasteiger partial charge in [0, 0.05) is 37.6 Å². The van der Waals surface area contributed by atoms with Crippen LogP contribution >= 0.6 is 0 Å². The van der Waals surface area contributed by atoms with Gasteiger partial charge in [0.15, 0.2) is 6.29 Å². The number of benzene rings is 1. The Morgan fingerprint density at radius 2 is 1.95 bits per heavy atom. The number of rotatable bonds is 5. The molecule has 0 saturated carbocycles. The van der Waals surface area contributed by atoms with Crippen LogP contribution in [0.15, 0.2) is 30.5 Å². The lowest BCUT2D eigenvalue weighted by atomic mass is 10.1. The molecule has 0 aliphatic rings. The number of hydrogen-bond acceptors (Lipinski definition) is 3. The molecule has 100 valence electrons. The summed E-state index contributed by atoms with van der Waals surface area (Å²) in [6.07, 6.45) is 2.65. The first-order chi connectivity index (χ1) is 9.19. The van der Waals surface area contributed by atoms with Crippen molar-refractivity contribution in [1.82, 2.24) is 9.78 Å². The molecule has 0 bridgehead atoms. The molecule has 0 aliphatic carbocycles. The molecule has 1 aromatic carbocycles. The average molecular weight is 257 g/mol. The van der Waals surface area contributed by atoms with Crippen molar-refractivity contribution in [2.75, 3.05) is 18.5 Å². The summed E-state index contributed by atoms with van der Waals surface area (Å²) >= 11 is 0. The highest BCUT2D eigenvalue weighted by Gasteiger charge is 2.10. The van der Waals surface area contributed by atoms with Crippen LogP contribution in [0.4, 0.5) is 5.69 Å². The van der Waals surface area contributed by atoms with Crippen molar-refractivity contribution in [3.8, 4) is 11.3 Å². The Hall–Kier alpha value is -2.10. The van der Waals surface area contributed by atoms with Crippen molar-refractivity contribution < 1.29 is 4.79 Å². The standard InChI is InChI=1S/C15H19N3O/c1-4-17(3)14-8-6-12(7-9-14)15-13(11-19)10-18(5-2)16-15/h6-11H,4-5H2,1-3H3. The summed E-state index contributed by atoms with van der Waals surface area (Å²) in [5.74, 6) is 0. The van der Waals surface area contributed by atoms with Crippen LogP contribution in [-0.2, 0) is 6.54 Å². The number of nitrogens with zero attached hydrogens (tertiary/aromatic N) is 3. The molecule has 4 nitrogen and oxygen atoms in total. The first kappa shape index (κ1) is 13.3. The molecule has 0 unspecified atom stereocenters. The van der Waals surface area contributed by atoms with Gasteiger partial charge in [0.1, 0.15) is 5.69 Å². The molecule has 2 rings (SSSR count). The molecule has 0 aliphatic heterocycles. The number of hydrogen-bond donors (Lipinski definition) is 0. The second-order valence-corrected chi connectivity index (χ2v) is 4.47. The van der Waals surface area contributed by atoms with E-state index in [4.69, 9.17) is 0 Å². The van der Waals surface area contributed by atoms with Crippen molar-refractivity contribution >= 4 is 12.0 Å². The summed E-state index contributed by atoms with van der Waals surface area (Å²) in [6.45, 7) is 5.84. The fourth-order valence-corrected chi connectivity index (χ4v) is 1.97. The maximum absolute atomic E-state index is 11.1. The van der Waals surface area contributed by atoms with Gasteiger partial charge in [-0.05, 0) is 26.0 Å². The van der Waals surface area contributed by atoms with Gasteiger partial charge in [-0.3, -0.25) is 9.48 Å². The van der Waals surface area contributed by atoms with E-state index in [-0.39, 0.29) is 0 Å². The van der Waals surface area contributed by atoms with E-state index in [0.717, 1.165) is 36.3 Å². The number of carbonyl (C=O) groups excluding carboxylic acids is 1. The van der Waals surface area contributed by atoms with Gasteiger partial charge in [-0.1, -0.05) is 12.1 Å². The van der Waals surface area contributed by atoms with Gasteiger partial charge in [0.2, 0.25) is 0 Å². The highest BCUT2D eigenvalue weighted by Crippen LogP contribution is 2.23. The van der Waals surface area contributed by atoms with E-state index in [9.17, 15) is 4.79 Å². The third kappa shape index (κ3) is 2.67. The fourth-order valence-electron chi connectivity index (χ4n) is 1.97. The lowest BCUT2D eigenvalue weighted by molar-refractivity contribution is 0.112. The molecule has 0 radical (unpaired) electrons. The molecule has 0 saturated heterocycles. The maximum Gasteiger partial charge on any atom is 0.153 e. The monoisotopic (exact) mass is 257 g/mol. The number of aromatic nitrogens is 2. The van der Waals surface area contributed by atoms with Crippen LogP contribution in [0.2, 0.25) is 0 Å². The minimum absolute atomic E-state index is 0.637. The van der Waals surface area contributed by atoms with Crippen molar-refractivity contribution in [2.24, 2.45) is 0 Å². The largest absolute Gasteiger partial charge is 0.375 e. The Balaban J connectivity index is 2.36. The van der Waals surface area contributed by atoms with Gasteiger partial charge < -0.3 is 4.90 Å². The van der Waals surface area contributed by atoms with Crippen LogP contribution in [0.1, 0.15) is 24.2 Å². The average Bonchev–Trinajstić information content (AvgIpc) is 2.90. The normalized spacial score (nSPS) is 10.5. The van der Waals surface area contributed by atoms with Crippen LogP contribution in [-0.4, -0.2) is 29.7 Å². The summed E-state index contributed by atoms with van der Waals surface area (Å²) < 4.78 is 1.78. The Morgan fingerprint density at radius 1 is 1.26 bits per heavy atom. The van der Waals surface area contributed by atoms with Gasteiger partial charge in [-0.2, -0.15) is 5.10 Å². The first-order valence-corrected chi connectivity index (χ1v) is 6.53. The second-order valence-electron chi connectivity index (χ2n) is 4.47. The zero-order chi connectivity index (χ0) is 13.8. The van der Waals surface area contributed by atoms with Crippen molar-refractivity contribution in [1.29, 1.82) is 0 Å². The predicted molar refractivity (Wildman–Crippen MR) is 77.7 cm³/mol. The van der Waals surface area contributed by atoms with E-state index in [1.807, 2.05) is 19.1 Å². The number of anilines is 1. The van der Waals surface area contributed by atoms with E-state index < -0.39 is 0 Å². The molecule has 1 heterocycles. The molecular weight excluding hydrogens is 238 g/mol. The van der Waals surface area contributed by atoms with Crippen LogP contribution in [0, 0.1) is 0 Å². The predicted octanol–water partition coefficient (Wildman–Crippen LogP) is 2.84. The third-order valence-corrected chi connectivity index (χ3v) is 3.30. The second kappa shape index (κ2) is 5.69. The minimum atomic E-state index is 0.637. The van der Waals surface area contributed by atoms with Crippen LogP contribution in [0.5, 0.6) is 0 Å². The minimum Gasteiger partial charge on any atom is -0.375 e. The fraction of sp³-hybridized carbons (Fsp3) is 0.333. The van der Waals surface area contributed by atoms with Gasteiger partial charge in [-0.15, -0.1) is 0 Å². The molecule has 0 atom stereocenters. The Morgan fingerprint density at radius 3 is 2.47 bits per heavy atom. The van der Waals surface area contributed by atoms with Crippen molar-refractivity contribution in [3.05, 3.63) is 36.0 Å². The smallest absolute Gasteiger partial charge is 0.153 e. The molecule has 19 heavy (non-hydrogen) atoms. The quantitative estimate of drug-likeness (QED) is 0.773. The topological polar surface area (TPSA) is 38.1 Å². The van der Waals surface area contributed by atoms with Crippen molar-refractivity contribution in [3.63, 3.8) is 0 Å². The Bertz CT molecular complexity index is 557. The van der Waals surface area contributed by atoms with Crippen LogP contribution < -0.4 is 4.90 Å². The summed E-state index contributed by atoms with van der Waals surface area (Å²) in [5, 5.41) is 4.44. The van der Waals surface area contributed by atoms with E-state index in [2.05, 4.69) is 36.1 Å². The number of aryl methyl sites for hydroxylation is 1. The van der Waals surface area contributed by atoms with Gasteiger partial charge in [0.25, 0.3) is 0 Å². The van der Waals surface area contributed by atoms with Crippen LogP contribution in [0.25, 0.3) is 11.3 Å². The lowest BCUT2D eigenvalue weighted by Gasteiger charge is -2.16. The summed E-state index contributed by atoms with van der Waals surface area (Å²) in [7, 11) is 2.05. The molecule has 2 aromatic rings. The van der Waals surface area contributed by atoms with Gasteiger partial charge in [-0.25, -0.2) is 0 Å². The Labute approximate surface area is 113 Å². The highest BCUT2D eigenvalue weighted by atomic mass is 16.1. The van der Waals surface area contributed by atoms with Gasteiger partial charge in [0.05, 0.1) is 5.56 Å². The molecule has 4 heteroatoms.